The van der Waals surface area contributed by atoms with Crippen molar-refractivity contribution in [3.8, 4) is 0 Å². The highest BCUT2D eigenvalue weighted by atomic mass is 19.2. The topological polar surface area (TPSA) is 32.3 Å². The molecule has 1 rings (SSSR count). The van der Waals surface area contributed by atoms with E-state index in [9.17, 15) is 13.9 Å². The normalized spacial score (nSPS) is 12.8. The molecule has 0 saturated carbocycles. The Balaban J connectivity index is 2.35. The molecule has 0 heterocycles. The number of rotatable bonds is 6. The van der Waals surface area contributed by atoms with Gasteiger partial charge in [0.25, 0.3) is 0 Å². The zero-order valence-corrected chi connectivity index (χ0v) is 9.34. The van der Waals surface area contributed by atoms with Crippen LogP contribution in [0.2, 0.25) is 0 Å². The molecule has 1 unspecified atom stereocenters. The number of hydrogen-bond acceptors (Lipinski definition) is 2. The Morgan fingerprint density at radius 3 is 2.81 bits per heavy atom. The van der Waals surface area contributed by atoms with E-state index in [1.807, 2.05) is 6.92 Å². The molecular formula is C12H17F2NO. The quantitative estimate of drug-likeness (QED) is 0.733. The van der Waals surface area contributed by atoms with Crippen LogP contribution in [0, 0.1) is 11.6 Å². The van der Waals surface area contributed by atoms with Gasteiger partial charge in [-0.15, -0.1) is 0 Å². The van der Waals surface area contributed by atoms with Crippen molar-refractivity contribution in [3.05, 3.63) is 35.4 Å². The van der Waals surface area contributed by atoms with Crippen molar-refractivity contribution in [3.63, 3.8) is 0 Å². The van der Waals surface area contributed by atoms with Crippen LogP contribution in [0.4, 0.5) is 8.78 Å². The summed E-state index contributed by atoms with van der Waals surface area (Å²) in [5.41, 5.74) is 0.311. The Hall–Kier alpha value is -1.00. The van der Waals surface area contributed by atoms with E-state index in [0.717, 1.165) is 6.07 Å². The van der Waals surface area contributed by atoms with Crippen LogP contribution >= 0.6 is 0 Å². The summed E-state index contributed by atoms with van der Waals surface area (Å²) in [4.78, 5) is 0. The van der Waals surface area contributed by atoms with Crippen molar-refractivity contribution in [2.24, 2.45) is 0 Å². The number of benzene rings is 1. The molecule has 16 heavy (non-hydrogen) atoms. The molecule has 1 aromatic carbocycles. The Morgan fingerprint density at radius 2 is 2.12 bits per heavy atom. The van der Waals surface area contributed by atoms with Crippen LogP contribution in [-0.2, 0) is 6.54 Å². The highest BCUT2D eigenvalue weighted by Crippen LogP contribution is 2.10. The molecule has 0 aliphatic rings. The molecule has 0 aromatic heterocycles. The van der Waals surface area contributed by atoms with Gasteiger partial charge in [-0.05, 0) is 25.5 Å². The van der Waals surface area contributed by atoms with Crippen LogP contribution in [0.15, 0.2) is 18.2 Å². The van der Waals surface area contributed by atoms with Crippen LogP contribution in [0.1, 0.15) is 25.3 Å². The first-order valence-electron chi connectivity index (χ1n) is 5.46. The average molecular weight is 229 g/mol. The Morgan fingerprint density at radius 1 is 1.38 bits per heavy atom. The van der Waals surface area contributed by atoms with E-state index in [-0.39, 0.29) is 12.6 Å². The van der Waals surface area contributed by atoms with Crippen LogP contribution in [0.5, 0.6) is 0 Å². The Kier molecular flexibility index (Phi) is 5.35. The lowest BCUT2D eigenvalue weighted by Gasteiger charge is -2.09. The highest BCUT2D eigenvalue weighted by molar-refractivity contribution is 5.18. The fourth-order valence-electron chi connectivity index (χ4n) is 1.38. The first kappa shape index (κ1) is 13.1. The van der Waals surface area contributed by atoms with E-state index < -0.39 is 11.6 Å². The number of nitrogens with one attached hydrogen (secondary N) is 1. The van der Waals surface area contributed by atoms with Gasteiger partial charge in [0.05, 0.1) is 6.10 Å². The predicted octanol–water partition coefficient (Wildman–Crippen LogP) is 2.22. The van der Waals surface area contributed by atoms with Crippen molar-refractivity contribution in [1.29, 1.82) is 0 Å². The second-order valence-corrected chi connectivity index (χ2v) is 3.74. The summed E-state index contributed by atoms with van der Waals surface area (Å²) in [6.07, 6.45) is 0.994. The number of aliphatic hydroxyl groups is 1. The van der Waals surface area contributed by atoms with Gasteiger partial charge in [0.2, 0.25) is 0 Å². The predicted molar refractivity (Wildman–Crippen MR) is 59.0 cm³/mol. The average Bonchev–Trinajstić information content (AvgIpc) is 2.29. The zero-order valence-electron chi connectivity index (χ0n) is 9.34. The van der Waals surface area contributed by atoms with Crippen molar-refractivity contribution in [2.45, 2.75) is 32.4 Å². The van der Waals surface area contributed by atoms with Crippen LogP contribution in [-0.4, -0.2) is 17.8 Å². The first-order chi connectivity index (χ1) is 7.65. The fraction of sp³-hybridized carbons (Fsp3) is 0.500. The summed E-state index contributed by atoms with van der Waals surface area (Å²) in [6, 6.07) is 4.12. The molecule has 2 nitrogen and oxygen atoms in total. The van der Waals surface area contributed by atoms with Crippen LogP contribution in [0.25, 0.3) is 0 Å². The fourth-order valence-corrected chi connectivity index (χ4v) is 1.38. The minimum absolute atomic E-state index is 0.278. The molecule has 2 N–H and O–H groups in total. The van der Waals surface area contributed by atoms with Gasteiger partial charge in [0.1, 0.15) is 0 Å². The van der Waals surface area contributed by atoms with E-state index in [0.29, 0.717) is 24.9 Å². The summed E-state index contributed by atoms with van der Waals surface area (Å²) < 4.78 is 26.0. The monoisotopic (exact) mass is 229 g/mol. The maximum absolute atomic E-state index is 13.2. The second-order valence-electron chi connectivity index (χ2n) is 3.74. The number of aliphatic hydroxyl groups excluding tert-OH is 1. The SMILES string of the molecule is CCC(O)CCNCc1cccc(F)c1F. The molecule has 0 aliphatic heterocycles. The van der Waals surface area contributed by atoms with Crippen LogP contribution < -0.4 is 5.32 Å². The molecular weight excluding hydrogens is 212 g/mol. The van der Waals surface area contributed by atoms with Gasteiger partial charge in [-0.1, -0.05) is 19.1 Å². The smallest absolute Gasteiger partial charge is 0.163 e. The standard InChI is InChI=1S/C12H17F2NO/c1-2-10(16)6-7-15-8-9-4-3-5-11(13)12(9)14/h3-5,10,15-16H,2,6-8H2,1H3. The van der Waals surface area contributed by atoms with Crippen molar-refractivity contribution < 1.29 is 13.9 Å². The Bertz CT molecular complexity index is 331. The summed E-state index contributed by atoms with van der Waals surface area (Å²) in [5, 5.41) is 12.2. The summed E-state index contributed by atoms with van der Waals surface area (Å²) in [7, 11) is 0. The third-order valence-corrected chi connectivity index (χ3v) is 2.47. The van der Waals surface area contributed by atoms with Gasteiger partial charge in [0.15, 0.2) is 11.6 Å². The zero-order chi connectivity index (χ0) is 12.0. The van der Waals surface area contributed by atoms with Gasteiger partial charge in [-0.3, -0.25) is 0 Å². The van der Waals surface area contributed by atoms with Gasteiger partial charge >= 0.3 is 0 Å². The highest BCUT2D eigenvalue weighted by Gasteiger charge is 2.06. The molecule has 0 spiro atoms. The minimum Gasteiger partial charge on any atom is -0.393 e. The maximum Gasteiger partial charge on any atom is 0.163 e. The van der Waals surface area contributed by atoms with Gasteiger partial charge in [0, 0.05) is 12.1 Å². The lowest BCUT2D eigenvalue weighted by Crippen LogP contribution is -2.20. The van der Waals surface area contributed by atoms with E-state index >= 15 is 0 Å². The van der Waals surface area contributed by atoms with E-state index in [2.05, 4.69) is 5.32 Å². The molecule has 4 heteroatoms. The second kappa shape index (κ2) is 6.55. The van der Waals surface area contributed by atoms with Crippen molar-refractivity contribution in [2.75, 3.05) is 6.54 Å². The maximum atomic E-state index is 13.2. The van der Waals surface area contributed by atoms with E-state index in [1.165, 1.54) is 6.07 Å². The summed E-state index contributed by atoms with van der Waals surface area (Å²) in [5.74, 6) is -1.63. The molecule has 1 atom stereocenters. The molecule has 0 radical (unpaired) electrons. The Labute approximate surface area is 94.3 Å². The minimum atomic E-state index is -0.826. The molecule has 0 aliphatic carbocycles. The lowest BCUT2D eigenvalue weighted by molar-refractivity contribution is 0.159. The third kappa shape index (κ3) is 3.87. The molecule has 1 aromatic rings. The number of halogens is 2. The molecule has 0 amide bonds. The molecule has 0 saturated heterocycles. The molecule has 0 bridgehead atoms. The van der Waals surface area contributed by atoms with Gasteiger partial charge in [-0.25, -0.2) is 8.78 Å². The van der Waals surface area contributed by atoms with Crippen LogP contribution in [0.3, 0.4) is 0 Å². The van der Waals surface area contributed by atoms with Gasteiger partial charge in [-0.2, -0.15) is 0 Å². The third-order valence-electron chi connectivity index (χ3n) is 2.47. The molecule has 0 fully saturated rings. The summed E-state index contributed by atoms with van der Waals surface area (Å²) >= 11 is 0. The van der Waals surface area contributed by atoms with E-state index in [4.69, 9.17) is 0 Å². The molecule has 90 valence electrons. The van der Waals surface area contributed by atoms with Gasteiger partial charge < -0.3 is 10.4 Å². The largest absolute Gasteiger partial charge is 0.393 e. The lowest BCUT2D eigenvalue weighted by atomic mass is 10.2. The van der Waals surface area contributed by atoms with Crippen molar-refractivity contribution >= 4 is 0 Å². The van der Waals surface area contributed by atoms with E-state index in [1.54, 1.807) is 6.07 Å². The van der Waals surface area contributed by atoms with Crippen molar-refractivity contribution in [1.82, 2.24) is 5.32 Å². The number of hydrogen-bond donors (Lipinski definition) is 2. The first-order valence-corrected chi connectivity index (χ1v) is 5.46. The summed E-state index contributed by atoms with van der Waals surface area (Å²) in [6.45, 7) is 2.77.